The number of nitrogens with zero attached hydrogens (tertiary/aromatic N) is 3. The maximum absolute atomic E-state index is 13.5. The molecular formula is C23H24F3N3O3. The molecule has 1 saturated heterocycles. The highest BCUT2D eigenvalue weighted by Gasteiger charge is 2.38. The minimum absolute atomic E-state index is 0.0251. The molecule has 0 radical (unpaired) electrons. The number of ether oxygens (including phenoxy) is 2. The van der Waals surface area contributed by atoms with E-state index in [1.165, 1.54) is 4.57 Å². The van der Waals surface area contributed by atoms with Gasteiger partial charge in [0, 0.05) is 25.7 Å². The summed E-state index contributed by atoms with van der Waals surface area (Å²) < 4.78 is 52.5. The average Bonchev–Trinajstić information content (AvgIpc) is 3.17. The largest absolute Gasteiger partial charge is 0.497 e. The third-order valence-electron chi connectivity index (χ3n) is 5.72. The molecule has 0 saturated carbocycles. The lowest BCUT2D eigenvalue weighted by Crippen LogP contribution is -2.41. The fourth-order valence-electron chi connectivity index (χ4n) is 4.03. The summed E-state index contributed by atoms with van der Waals surface area (Å²) in [6, 6.07) is 13.6. The van der Waals surface area contributed by atoms with Gasteiger partial charge < -0.3 is 18.9 Å². The Morgan fingerprint density at radius 2 is 1.81 bits per heavy atom. The summed E-state index contributed by atoms with van der Waals surface area (Å²) in [6.45, 7) is 1.10. The monoisotopic (exact) mass is 447 g/mol. The molecule has 2 aromatic carbocycles. The number of benzene rings is 2. The van der Waals surface area contributed by atoms with Crippen molar-refractivity contribution in [2.75, 3.05) is 26.8 Å². The fraction of sp³-hybridized carbons (Fsp3) is 0.391. The molecule has 0 aliphatic carbocycles. The number of carbonyl (C=O) groups excluding carboxylic acids is 1. The first kappa shape index (κ1) is 22.0. The number of rotatable bonds is 6. The SMILES string of the molecule is COc1cccc(OCC(=O)N2CCC(Cn3c(C(F)(F)F)nc4ccccc43)CC2)c1. The first-order chi connectivity index (χ1) is 15.3. The summed E-state index contributed by atoms with van der Waals surface area (Å²) in [6.07, 6.45) is -3.28. The molecule has 2 heterocycles. The van der Waals surface area contributed by atoms with E-state index >= 15 is 0 Å². The highest BCUT2D eigenvalue weighted by Crippen LogP contribution is 2.33. The molecule has 0 spiro atoms. The highest BCUT2D eigenvalue weighted by atomic mass is 19.4. The Balaban J connectivity index is 1.36. The molecular weight excluding hydrogens is 423 g/mol. The van der Waals surface area contributed by atoms with E-state index in [0.29, 0.717) is 48.5 Å². The van der Waals surface area contributed by atoms with Crippen molar-refractivity contribution in [3.05, 3.63) is 54.4 Å². The van der Waals surface area contributed by atoms with Gasteiger partial charge in [-0.05, 0) is 43.0 Å². The van der Waals surface area contributed by atoms with Crippen LogP contribution in [0.3, 0.4) is 0 Å². The standard InChI is InChI=1S/C23H24F3N3O3/c1-31-17-5-4-6-18(13-17)32-15-21(30)28-11-9-16(10-12-28)14-29-20-8-3-2-7-19(20)27-22(29)23(24,25)26/h2-8,13,16H,9-12,14-15H2,1H3. The van der Waals surface area contributed by atoms with Crippen molar-refractivity contribution < 1.29 is 27.4 Å². The lowest BCUT2D eigenvalue weighted by Gasteiger charge is -2.32. The second kappa shape index (κ2) is 9.10. The second-order valence-corrected chi connectivity index (χ2v) is 7.82. The predicted molar refractivity (Wildman–Crippen MR) is 113 cm³/mol. The van der Waals surface area contributed by atoms with Gasteiger partial charge in [0.25, 0.3) is 5.91 Å². The van der Waals surface area contributed by atoms with Gasteiger partial charge in [0.15, 0.2) is 6.61 Å². The summed E-state index contributed by atoms with van der Waals surface area (Å²) in [5.41, 5.74) is 0.812. The maximum Gasteiger partial charge on any atom is 0.449 e. The number of hydrogen-bond donors (Lipinski definition) is 0. The quantitative estimate of drug-likeness (QED) is 0.563. The number of alkyl halides is 3. The van der Waals surface area contributed by atoms with E-state index in [4.69, 9.17) is 9.47 Å². The summed E-state index contributed by atoms with van der Waals surface area (Å²) in [7, 11) is 1.55. The fourth-order valence-corrected chi connectivity index (χ4v) is 4.03. The molecule has 0 N–H and O–H groups in total. The van der Waals surface area contributed by atoms with Crippen molar-refractivity contribution in [1.82, 2.24) is 14.5 Å². The van der Waals surface area contributed by atoms with Crippen molar-refractivity contribution in [3.8, 4) is 11.5 Å². The molecule has 1 aliphatic heterocycles. The summed E-state index contributed by atoms with van der Waals surface area (Å²) in [4.78, 5) is 18.0. The molecule has 170 valence electrons. The van der Waals surface area contributed by atoms with Gasteiger partial charge in [0.1, 0.15) is 11.5 Å². The first-order valence-corrected chi connectivity index (χ1v) is 10.4. The number of piperidine rings is 1. The van der Waals surface area contributed by atoms with E-state index < -0.39 is 12.0 Å². The van der Waals surface area contributed by atoms with E-state index in [1.54, 1.807) is 60.5 Å². The summed E-state index contributed by atoms with van der Waals surface area (Å²) in [5.74, 6) is 0.191. The lowest BCUT2D eigenvalue weighted by molar-refractivity contribution is -0.147. The number of likely N-dealkylation sites (tertiary alicyclic amines) is 1. The highest BCUT2D eigenvalue weighted by molar-refractivity contribution is 5.78. The Hall–Kier alpha value is -3.23. The van der Waals surface area contributed by atoms with Crippen LogP contribution in [0, 0.1) is 5.92 Å². The van der Waals surface area contributed by atoms with Gasteiger partial charge in [-0.3, -0.25) is 4.79 Å². The van der Waals surface area contributed by atoms with Gasteiger partial charge in [0.05, 0.1) is 18.1 Å². The van der Waals surface area contributed by atoms with Gasteiger partial charge in [-0.15, -0.1) is 0 Å². The molecule has 3 aromatic rings. The van der Waals surface area contributed by atoms with Crippen LogP contribution in [-0.4, -0.2) is 47.2 Å². The Labute approximate surface area is 183 Å². The van der Waals surface area contributed by atoms with Gasteiger partial charge in [0.2, 0.25) is 5.82 Å². The van der Waals surface area contributed by atoms with Crippen molar-refractivity contribution in [2.45, 2.75) is 25.6 Å². The zero-order valence-electron chi connectivity index (χ0n) is 17.6. The van der Waals surface area contributed by atoms with E-state index in [0.717, 1.165) is 0 Å². The minimum Gasteiger partial charge on any atom is -0.497 e. The van der Waals surface area contributed by atoms with E-state index in [-0.39, 0.29) is 25.0 Å². The van der Waals surface area contributed by atoms with E-state index in [9.17, 15) is 18.0 Å². The number of fused-ring (bicyclic) bond motifs is 1. The molecule has 1 fully saturated rings. The Bertz CT molecular complexity index is 1090. The molecule has 9 heteroatoms. The van der Waals surface area contributed by atoms with Gasteiger partial charge in [-0.25, -0.2) is 4.98 Å². The number of para-hydroxylation sites is 2. The smallest absolute Gasteiger partial charge is 0.449 e. The third kappa shape index (κ3) is 4.81. The Kier molecular flexibility index (Phi) is 6.25. The Morgan fingerprint density at radius 1 is 1.09 bits per heavy atom. The van der Waals surface area contributed by atoms with Crippen LogP contribution in [0.4, 0.5) is 13.2 Å². The van der Waals surface area contributed by atoms with Crippen LogP contribution in [-0.2, 0) is 17.5 Å². The predicted octanol–water partition coefficient (Wildman–Crippen LogP) is 4.38. The number of carbonyl (C=O) groups is 1. The third-order valence-corrected chi connectivity index (χ3v) is 5.72. The van der Waals surface area contributed by atoms with Crippen LogP contribution in [0.2, 0.25) is 0 Å². The lowest BCUT2D eigenvalue weighted by atomic mass is 9.96. The Morgan fingerprint density at radius 3 is 2.53 bits per heavy atom. The molecule has 1 aliphatic rings. The number of hydrogen-bond acceptors (Lipinski definition) is 4. The van der Waals surface area contributed by atoms with Crippen molar-refractivity contribution in [1.29, 1.82) is 0 Å². The van der Waals surface area contributed by atoms with Gasteiger partial charge in [-0.2, -0.15) is 13.2 Å². The molecule has 6 nitrogen and oxygen atoms in total. The number of amides is 1. The van der Waals surface area contributed by atoms with E-state index in [1.807, 2.05) is 0 Å². The molecule has 4 rings (SSSR count). The zero-order valence-corrected chi connectivity index (χ0v) is 17.6. The summed E-state index contributed by atoms with van der Waals surface area (Å²) in [5, 5.41) is 0. The molecule has 32 heavy (non-hydrogen) atoms. The van der Waals surface area contributed by atoms with Crippen LogP contribution in [0.15, 0.2) is 48.5 Å². The van der Waals surface area contributed by atoms with Crippen LogP contribution in [0.25, 0.3) is 11.0 Å². The maximum atomic E-state index is 13.5. The van der Waals surface area contributed by atoms with Gasteiger partial charge in [-0.1, -0.05) is 18.2 Å². The molecule has 1 amide bonds. The number of imidazole rings is 1. The number of halogens is 3. The van der Waals surface area contributed by atoms with Crippen LogP contribution >= 0.6 is 0 Å². The van der Waals surface area contributed by atoms with Crippen LogP contribution in [0.1, 0.15) is 18.7 Å². The van der Waals surface area contributed by atoms with E-state index in [2.05, 4.69) is 4.98 Å². The zero-order chi connectivity index (χ0) is 22.7. The second-order valence-electron chi connectivity index (χ2n) is 7.82. The molecule has 0 unspecified atom stereocenters. The van der Waals surface area contributed by atoms with Crippen LogP contribution in [0.5, 0.6) is 11.5 Å². The average molecular weight is 447 g/mol. The minimum atomic E-state index is -4.52. The molecule has 0 bridgehead atoms. The van der Waals surface area contributed by atoms with Gasteiger partial charge >= 0.3 is 6.18 Å². The molecule has 0 atom stereocenters. The molecule has 1 aromatic heterocycles. The summed E-state index contributed by atoms with van der Waals surface area (Å²) >= 11 is 0. The topological polar surface area (TPSA) is 56.6 Å². The van der Waals surface area contributed by atoms with Crippen molar-refractivity contribution in [3.63, 3.8) is 0 Å². The number of aromatic nitrogens is 2. The normalized spacial score (nSPS) is 15.2. The van der Waals surface area contributed by atoms with Crippen molar-refractivity contribution >= 4 is 16.9 Å². The number of methoxy groups -OCH3 is 1. The van der Waals surface area contributed by atoms with Crippen molar-refractivity contribution in [2.24, 2.45) is 5.92 Å². The first-order valence-electron chi connectivity index (χ1n) is 10.4. The van der Waals surface area contributed by atoms with Crippen LogP contribution < -0.4 is 9.47 Å².